The minimum atomic E-state index is -3.90. The Hall–Kier alpha value is -2.32. The first-order valence-electron chi connectivity index (χ1n) is 6.01. The predicted molar refractivity (Wildman–Crippen MR) is 77.8 cm³/mol. The van der Waals surface area contributed by atoms with Gasteiger partial charge in [-0.25, -0.2) is 13.2 Å². The Bertz CT molecular complexity index is 833. The molecule has 22 heavy (non-hydrogen) atoms. The predicted octanol–water partition coefficient (Wildman–Crippen LogP) is 1.81. The Kier molecular flexibility index (Phi) is 4.53. The standard InChI is InChI=1S/C14H10O6S2/c15-10(8-11(16)14(17)18)13-12(6-7-21-13)22(19,20)9-4-2-1-3-5-9/h1-7H,8H2,(H,17,18). The van der Waals surface area contributed by atoms with Crippen LogP contribution in [0, 0.1) is 0 Å². The molecule has 0 spiro atoms. The third kappa shape index (κ3) is 3.12. The summed E-state index contributed by atoms with van der Waals surface area (Å²) in [5.41, 5.74) is 0. The summed E-state index contributed by atoms with van der Waals surface area (Å²) in [6.45, 7) is 0. The van der Waals surface area contributed by atoms with Gasteiger partial charge in [0.15, 0.2) is 5.78 Å². The van der Waals surface area contributed by atoms with E-state index in [9.17, 15) is 22.8 Å². The van der Waals surface area contributed by atoms with Crippen molar-refractivity contribution in [3.8, 4) is 0 Å². The lowest BCUT2D eigenvalue weighted by molar-refractivity contribution is -0.148. The number of carboxylic acids is 1. The Morgan fingerprint density at radius 3 is 2.27 bits per heavy atom. The fourth-order valence-corrected chi connectivity index (χ4v) is 4.40. The molecule has 2 aromatic rings. The summed E-state index contributed by atoms with van der Waals surface area (Å²) in [7, 11) is -3.90. The monoisotopic (exact) mass is 338 g/mol. The highest BCUT2D eigenvalue weighted by molar-refractivity contribution is 7.91. The molecule has 0 unspecified atom stereocenters. The molecule has 1 heterocycles. The Balaban J connectivity index is 2.40. The van der Waals surface area contributed by atoms with E-state index in [1.165, 1.54) is 23.6 Å². The van der Waals surface area contributed by atoms with E-state index in [0.717, 1.165) is 11.3 Å². The second-order valence-electron chi connectivity index (χ2n) is 4.26. The van der Waals surface area contributed by atoms with Crippen LogP contribution in [0.1, 0.15) is 16.1 Å². The number of carbonyl (C=O) groups is 3. The van der Waals surface area contributed by atoms with Gasteiger partial charge in [0.25, 0.3) is 0 Å². The summed E-state index contributed by atoms with van der Waals surface area (Å²) >= 11 is 0.859. The molecule has 2 rings (SSSR count). The number of carbonyl (C=O) groups excluding carboxylic acids is 2. The molecule has 114 valence electrons. The van der Waals surface area contributed by atoms with Gasteiger partial charge in [0.1, 0.15) is 0 Å². The number of thiophene rings is 1. The first-order valence-corrected chi connectivity index (χ1v) is 8.37. The van der Waals surface area contributed by atoms with Crippen LogP contribution < -0.4 is 0 Å². The molecular weight excluding hydrogens is 328 g/mol. The lowest BCUT2D eigenvalue weighted by atomic mass is 10.2. The molecule has 0 amide bonds. The largest absolute Gasteiger partial charge is 0.475 e. The van der Waals surface area contributed by atoms with Gasteiger partial charge in [0.2, 0.25) is 15.6 Å². The quantitative estimate of drug-likeness (QED) is 0.489. The van der Waals surface area contributed by atoms with E-state index in [1.54, 1.807) is 18.2 Å². The van der Waals surface area contributed by atoms with Crippen molar-refractivity contribution in [3.63, 3.8) is 0 Å². The van der Waals surface area contributed by atoms with Gasteiger partial charge in [0.05, 0.1) is 21.1 Å². The van der Waals surface area contributed by atoms with Gasteiger partial charge in [0, 0.05) is 0 Å². The van der Waals surface area contributed by atoms with Crippen LogP contribution in [0.2, 0.25) is 0 Å². The number of sulfone groups is 1. The number of hydrogen-bond donors (Lipinski definition) is 1. The third-order valence-corrected chi connectivity index (χ3v) is 5.68. The highest BCUT2D eigenvalue weighted by Gasteiger charge is 2.27. The Morgan fingerprint density at radius 1 is 1.05 bits per heavy atom. The van der Waals surface area contributed by atoms with Gasteiger partial charge in [-0.3, -0.25) is 9.59 Å². The fraction of sp³-hybridized carbons (Fsp3) is 0.0714. The zero-order chi connectivity index (χ0) is 16.3. The highest BCUT2D eigenvalue weighted by Crippen LogP contribution is 2.28. The number of aliphatic carboxylic acids is 1. The molecule has 6 nitrogen and oxygen atoms in total. The summed E-state index contributed by atoms with van der Waals surface area (Å²) in [4.78, 5) is 33.3. The zero-order valence-electron chi connectivity index (χ0n) is 11.1. The van der Waals surface area contributed by atoms with Crippen molar-refractivity contribution in [1.29, 1.82) is 0 Å². The third-order valence-electron chi connectivity index (χ3n) is 2.79. The van der Waals surface area contributed by atoms with Gasteiger partial charge < -0.3 is 5.11 Å². The van der Waals surface area contributed by atoms with Crippen LogP contribution in [-0.2, 0) is 19.4 Å². The molecule has 0 radical (unpaired) electrons. The number of benzene rings is 1. The van der Waals surface area contributed by atoms with Crippen molar-refractivity contribution in [2.24, 2.45) is 0 Å². The number of rotatable bonds is 6. The van der Waals surface area contributed by atoms with Crippen LogP contribution in [0.5, 0.6) is 0 Å². The second kappa shape index (κ2) is 6.20. The van der Waals surface area contributed by atoms with Gasteiger partial charge in [-0.05, 0) is 23.6 Å². The molecule has 0 saturated heterocycles. The maximum absolute atomic E-state index is 12.5. The fourth-order valence-electron chi connectivity index (χ4n) is 1.74. The number of ketones is 2. The first kappa shape index (κ1) is 16.1. The van der Waals surface area contributed by atoms with Crippen LogP contribution in [0.4, 0.5) is 0 Å². The van der Waals surface area contributed by atoms with Crippen molar-refractivity contribution < 1.29 is 27.9 Å². The molecule has 0 aliphatic rings. The van der Waals surface area contributed by atoms with E-state index in [0.29, 0.717) is 0 Å². The van der Waals surface area contributed by atoms with E-state index in [-0.39, 0.29) is 14.7 Å². The molecule has 0 saturated carbocycles. The molecule has 8 heteroatoms. The van der Waals surface area contributed by atoms with Gasteiger partial charge in [-0.2, -0.15) is 0 Å². The summed E-state index contributed by atoms with van der Waals surface area (Å²) in [5.74, 6) is -3.82. The molecule has 1 aromatic heterocycles. The molecule has 0 aliphatic heterocycles. The summed E-state index contributed by atoms with van der Waals surface area (Å²) in [6.07, 6.45) is -0.868. The van der Waals surface area contributed by atoms with Crippen LogP contribution in [-0.4, -0.2) is 31.1 Å². The summed E-state index contributed by atoms with van der Waals surface area (Å²) in [6, 6.07) is 8.81. The van der Waals surface area contributed by atoms with E-state index < -0.39 is 33.8 Å². The topological polar surface area (TPSA) is 106 Å². The molecule has 0 aliphatic carbocycles. The van der Waals surface area contributed by atoms with E-state index >= 15 is 0 Å². The van der Waals surface area contributed by atoms with Gasteiger partial charge in [-0.1, -0.05) is 18.2 Å². The average molecular weight is 338 g/mol. The van der Waals surface area contributed by atoms with Crippen LogP contribution in [0.3, 0.4) is 0 Å². The maximum atomic E-state index is 12.5. The average Bonchev–Trinajstić information content (AvgIpc) is 2.98. The molecule has 0 fully saturated rings. The molecule has 1 N–H and O–H groups in total. The second-order valence-corrected chi connectivity index (χ2v) is 7.09. The van der Waals surface area contributed by atoms with Crippen molar-refractivity contribution in [2.45, 2.75) is 16.2 Å². The minimum absolute atomic E-state index is 0.0204. The van der Waals surface area contributed by atoms with Crippen LogP contribution >= 0.6 is 11.3 Å². The summed E-state index contributed by atoms with van der Waals surface area (Å²) in [5, 5.41) is 9.93. The number of hydrogen-bond acceptors (Lipinski definition) is 6. The normalized spacial score (nSPS) is 11.1. The molecule has 1 aromatic carbocycles. The van der Waals surface area contributed by atoms with E-state index in [2.05, 4.69) is 0 Å². The Labute approximate surface area is 129 Å². The van der Waals surface area contributed by atoms with Crippen LogP contribution in [0.25, 0.3) is 0 Å². The first-order chi connectivity index (χ1) is 10.3. The van der Waals surface area contributed by atoms with Gasteiger partial charge >= 0.3 is 5.97 Å². The molecular formula is C14H10O6S2. The minimum Gasteiger partial charge on any atom is -0.475 e. The van der Waals surface area contributed by atoms with Gasteiger partial charge in [-0.15, -0.1) is 11.3 Å². The zero-order valence-corrected chi connectivity index (χ0v) is 12.7. The van der Waals surface area contributed by atoms with Crippen molar-refractivity contribution in [1.82, 2.24) is 0 Å². The van der Waals surface area contributed by atoms with Crippen LogP contribution in [0.15, 0.2) is 51.6 Å². The lowest BCUT2D eigenvalue weighted by Crippen LogP contribution is -2.17. The van der Waals surface area contributed by atoms with Crippen molar-refractivity contribution in [3.05, 3.63) is 46.7 Å². The summed E-state index contributed by atoms with van der Waals surface area (Å²) < 4.78 is 25.0. The highest BCUT2D eigenvalue weighted by atomic mass is 32.2. The molecule has 0 atom stereocenters. The van der Waals surface area contributed by atoms with Crippen molar-refractivity contribution >= 4 is 38.7 Å². The maximum Gasteiger partial charge on any atom is 0.372 e. The smallest absolute Gasteiger partial charge is 0.372 e. The molecule has 0 bridgehead atoms. The Morgan fingerprint density at radius 2 is 1.68 bits per heavy atom. The lowest BCUT2D eigenvalue weighted by Gasteiger charge is -2.05. The van der Waals surface area contributed by atoms with E-state index in [1.807, 2.05) is 0 Å². The number of carboxylic acid groups (broad SMARTS) is 1. The SMILES string of the molecule is O=C(O)C(=O)CC(=O)c1sccc1S(=O)(=O)c1ccccc1. The van der Waals surface area contributed by atoms with E-state index in [4.69, 9.17) is 5.11 Å². The number of Topliss-reactive ketones (excluding diaryl/α,β-unsaturated/α-hetero) is 2. The van der Waals surface area contributed by atoms with Crippen molar-refractivity contribution in [2.75, 3.05) is 0 Å².